The zero-order valence-corrected chi connectivity index (χ0v) is 9.71. The van der Waals surface area contributed by atoms with Crippen molar-refractivity contribution in [3.05, 3.63) is 0 Å². The van der Waals surface area contributed by atoms with Crippen LogP contribution in [-0.2, 0) is 0 Å². The molecule has 0 spiro atoms. The van der Waals surface area contributed by atoms with Gasteiger partial charge in [-0.3, -0.25) is 0 Å². The topological polar surface area (TPSA) is 6.48 Å². The summed E-state index contributed by atoms with van der Waals surface area (Å²) in [5, 5.41) is 0. The average Bonchev–Trinajstić information content (AvgIpc) is 2.12. The van der Waals surface area contributed by atoms with E-state index in [1.807, 2.05) is 0 Å². The third kappa shape index (κ3) is 2.48. The first-order chi connectivity index (χ1) is 6.75. The first kappa shape index (κ1) is 10.4. The van der Waals surface area contributed by atoms with E-state index < -0.39 is 0 Å². The van der Waals surface area contributed by atoms with Crippen molar-refractivity contribution < 1.29 is 0 Å². The molecule has 82 valence electrons. The van der Waals surface area contributed by atoms with Gasteiger partial charge in [-0.05, 0) is 45.7 Å². The van der Waals surface area contributed by atoms with Gasteiger partial charge in [-0.1, -0.05) is 6.42 Å². The van der Waals surface area contributed by atoms with Crippen LogP contribution in [-0.4, -0.2) is 48.6 Å². The van der Waals surface area contributed by atoms with Crippen molar-refractivity contribution in [1.82, 2.24) is 9.80 Å². The summed E-state index contributed by atoms with van der Waals surface area (Å²) in [5.41, 5.74) is 0. The molecule has 0 aromatic carbocycles. The fourth-order valence-corrected chi connectivity index (χ4v) is 2.65. The number of hydrogen-bond acceptors (Lipinski definition) is 2. The average molecular weight is 196 g/mol. The number of likely N-dealkylation sites (tertiary alicyclic amines) is 2. The minimum atomic E-state index is 0.757. The Balaban J connectivity index is 1.63. The van der Waals surface area contributed by atoms with Gasteiger partial charge >= 0.3 is 0 Å². The van der Waals surface area contributed by atoms with Crippen molar-refractivity contribution in [2.45, 2.75) is 39.2 Å². The molecule has 2 rings (SSSR count). The fourth-order valence-electron chi connectivity index (χ4n) is 2.65. The predicted molar refractivity (Wildman–Crippen MR) is 60.5 cm³/mol. The van der Waals surface area contributed by atoms with Gasteiger partial charge in [-0.15, -0.1) is 0 Å². The third-order valence-corrected chi connectivity index (χ3v) is 3.68. The molecule has 0 unspecified atom stereocenters. The van der Waals surface area contributed by atoms with Crippen LogP contribution < -0.4 is 0 Å². The number of hydrogen-bond donors (Lipinski definition) is 0. The van der Waals surface area contributed by atoms with E-state index in [0.29, 0.717) is 0 Å². The van der Waals surface area contributed by atoms with Crippen LogP contribution in [0.15, 0.2) is 0 Å². The number of nitrogens with zero attached hydrogens (tertiary/aromatic N) is 2. The molecule has 2 aliphatic heterocycles. The van der Waals surface area contributed by atoms with Gasteiger partial charge in [-0.2, -0.15) is 0 Å². The molecule has 0 bridgehead atoms. The normalized spacial score (nSPS) is 26.8. The highest BCUT2D eigenvalue weighted by atomic mass is 15.2. The van der Waals surface area contributed by atoms with Crippen molar-refractivity contribution in [3.8, 4) is 0 Å². The molecule has 0 amide bonds. The Morgan fingerprint density at radius 2 is 1.71 bits per heavy atom. The molecule has 0 aromatic rings. The summed E-state index contributed by atoms with van der Waals surface area (Å²) in [6, 6.07) is 0.757. The van der Waals surface area contributed by atoms with Crippen LogP contribution in [0.1, 0.15) is 33.1 Å². The van der Waals surface area contributed by atoms with Gasteiger partial charge in [0.05, 0.1) is 0 Å². The lowest BCUT2D eigenvalue weighted by molar-refractivity contribution is 0.0381. The van der Waals surface area contributed by atoms with Crippen LogP contribution in [0.3, 0.4) is 0 Å². The Labute approximate surface area is 88.3 Å². The van der Waals surface area contributed by atoms with Crippen LogP contribution in [0.2, 0.25) is 0 Å². The van der Waals surface area contributed by atoms with Crippen molar-refractivity contribution in [2.24, 2.45) is 5.92 Å². The van der Waals surface area contributed by atoms with Gasteiger partial charge in [0.1, 0.15) is 0 Å². The lowest BCUT2D eigenvalue weighted by atomic mass is 9.96. The van der Waals surface area contributed by atoms with E-state index >= 15 is 0 Å². The Bertz CT molecular complexity index is 167. The van der Waals surface area contributed by atoms with Gasteiger partial charge in [0.25, 0.3) is 0 Å². The summed E-state index contributed by atoms with van der Waals surface area (Å²) < 4.78 is 0. The molecule has 2 saturated heterocycles. The Morgan fingerprint density at radius 3 is 2.29 bits per heavy atom. The minimum Gasteiger partial charge on any atom is -0.303 e. The van der Waals surface area contributed by atoms with E-state index in [1.165, 1.54) is 52.0 Å². The zero-order chi connectivity index (χ0) is 9.97. The van der Waals surface area contributed by atoms with Crippen LogP contribution in [0.4, 0.5) is 0 Å². The molecule has 2 heterocycles. The van der Waals surface area contributed by atoms with Crippen LogP contribution >= 0.6 is 0 Å². The monoisotopic (exact) mass is 196 g/mol. The van der Waals surface area contributed by atoms with E-state index in [-0.39, 0.29) is 0 Å². The van der Waals surface area contributed by atoms with E-state index in [1.54, 1.807) is 0 Å². The van der Waals surface area contributed by atoms with Crippen LogP contribution in [0.25, 0.3) is 0 Å². The van der Waals surface area contributed by atoms with E-state index in [9.17, 15) is 0 Å². The highest BCUT2D eigenvalue weighted by Gasteiger charge is 2.29. The van der Waals surface area contributed by atoms with E-state index in [0.717, 1.165) is 12.0 Å². The molecular weight excluding hydrogens is 172 g/mol. The van der Waals surface area contributed by atoms with Crippen molar-refractivity contribution in [3.63, 3.8) is 0 Å². The second-order valence-corrected chi connectivity index (χ2v) is 5.27. The van der Waals surface area contributed by atoms with Gasteiger partial charge in [0, 0.05) is 25.7 Å². The molecule has 2 aliphatic rings. The van der Waals surface area contributed by atoms with E-state index in [4.69, 9.17) is 0 Å². The molecule has 2 nitrogen and oxygen atoms in total. The third-order valence-electron chi connectivity index (χ3n) is 3.68. The first-order valence-corrected chi connectivity index (χ1v) is 6.22. The second kappa shape index (κ2) is 4.63. The first-order valence-electron chi connectivity index (χ1n) is 6.22. The summed E-state index contributed by atoms with van der Waals surface area (Å²) in [5.74, 6) is 0.968. The second-order valence-electron chi connectivity index (χ2n) is 5.27. The maximum atomic E-state index is 2.67. The molecular formula is C12H24N2. The molecule has 0 atom stereocenters. The lowest BCUT2D eigenvalue weighted by Crippen LogP contribution is -2.54. The summed E-state index contributed by atoms with van der Waals surface area (Å²) in [7, 11) is 0. The highest BCUT2D eigenvalue weighted by Crippen LogP contribution is 2.20. The minimum absolute atomic E-state index is 0.757. The highest BCUT2D eigenvalue weighted by molar-refractivity contribution is 4.84. The van der Waals surface area contributed by atoms with Gasteiger partial charge in [0.2, 0.25) is 0 Å². The molecule has 0 aromatic heterocycles. The fraction of sp³-hybridized carbons (Fsp3) is 1.00. The van der Waals surface area contributed by atoms with Gasteiger partial charge in [-0.25, -0.2) is 0 Å². The van der Waals surface area contributed by atoms with Crippen molar-refractivity contribution >= 4 is 0 Å². The Kier molecular flexibility index (Phi) is 3.45. The van der Waals surface area contributed by atoms with Gasteiger partial charge in [0.15, 0.2) is 0 Å². The van der Waals surface area contributed by atoms with Crippen molar-refractivity contribution in [1.29, 1.82) is 0 Å². The Hall–Kier alpha value is -0.0800. The molecule has 14 heavy (non-hydrogen) atoms. The molecule has 2 fully saturated rings. The predicted octanol–water partition coefficient (Wildman–Crippen LogP) is 1.81. The lowest BCUT2D eigenvalue weighted by Gasteiger charge is -2.44. The SMILES string of the molecule is CC(C)N1CC(CN2CCCCC2)C1. The maximum absolute atomic E-state index is 2.67. The largest absolute Gasteiger partial charge is 0.303 e. The molecule has 0 saturated carbocycles. The summed E-state index contributed by atoms with van der Waals surface area (Å²) in [6.45, 7) is 11.4. The van der Waals surface area contributed by atoms with Crippen LogP contribution in [0, 0.1) is 5.92 Å². The molecule has 0 N–H and O–H groups in total. The summed E-state index contributed by atoms with van der Waals surface area (Å²) in [6.07, 6.45) is 4.32. The number of rotatable bonds is 3. The summed E-state index contributed by atoms with van der Waals surface area (Å²) >= 11 is 0. The maximum Gasteiger partial charge on any atom is 0.00388 e. The quantitative estimate of drug-likeness (QED) is 0.679. The smallest absolute Gasteiger partial charge is 0.00388 e. The van der Waals surface area contributed by atoms with Gasteiger partial charge < -0.3 is 9.80 Å². The summed E-state index contributed by atoms with van der Waals surface area (Å²) in [4.78, 5) is 5.25. The van der Waals surface area contributed by atoms with E-state index in [2.05, 4.69) is 23.6 Å². The molecule has 2 heteroatoms. The van der Waals surface area contributed by atoms with Crippen LogP contribution in [0.5, 0.6) is 0 Å². The van der Waals surface area contributed by atoms with Crippen molar-refractivity contribution in [2.75, 3.05) is 32.7 Å². The molecule has 0 aliphatic carbocycles. The zero-order valence-electron chi connectivity index (χ0n) is 9.71. The Morgan fingerprint density at radius 1 is 1.07 bits per heavy atom. The standard InChI is InChI=1S/C12H24N2/c1-11(2)14-9-12(10-14)8-13-6-4-3-5-7-13/h11-12H,3-10H2,1-2H3. The molecule has 0 radical (unpaired) electrons. The number of piperidine rings is 1.